The van der Waals surface area contributed by atoms with Crippen LogP contribution in [0.25, 0.3) is 0 Å². The molecule has 0 aromatic heterocycles. The summed E-state index contributed by atoms with van der Waals surface area (Å²) in [6.07, 6.45) is 101. The van der Waals surface area contributed by atoms with Crippen LogP contribution < -0.4 is 5.32 Å². The molecular formula is C81H153NO5. The molecule has 0 saturated carbocycles. The topological polar surface area (TPSA) is 95.9 Å². The smallest absolute Gasteiger partial charge is 0.305 e. The maximum Gasteiger partial charge on any atom is 0.305 e. The van der Waals surface area contributed by atoms with E-state index in [1.54, 1.807) is 6.08 Å². The van der Waals surface area contributed by atoms with Crippen molar-refractivity contribution in [2.75, 3.05) is 13.2 Å². The quantitative estimate of drug-likeness (QED) is 0.0320. The standard InChI is InChI=1S/C81H153NO5/c1-3-5-7-9-11-13-15-17-19-20-21-39-42-46-49-53-57-61-65-69-73-79(84)78(77-83)82-80(85)74-70-66-62-58-54-50-47-43-40-37-35-33-31-29-27-25-23-22-24-26-28-30-32-34-36-38-41-44-48-52-56-60-64-68-72-76-87-81(86)75-71-67-63-59-55-51-45-18-16-14-12-10-8-6-4-2/h12,14,18,24,26,45,69,73,78-79,83-84H,3-11,13,15-17,19-23,25,27-44,46-68,70-72,74-77H2,1-2H3,(H,82,85)/b14-12-,26-24-,45-18-,73-69+. The Morgan fingerprint density at radius 1 is 0.322 bits per heavy atom. The van der Waals surface area contributed by atoms with Gasteiger partial charge in [0.2, 0.25) is 5.91 Å². The Morgan fingerprint density at radius 3 is 0.908 bits per heavy atom. The summed E-state index contributed by atoms with van der Waals surface area (Å²) in [6.45, 7) is 4.91. The van der Waals surface area contributed by atoms with Gasteiger partial charge >= 0.3 is 5.97 Å². The molecule has 2 atom stereocenters. The van der Waals surface area contributed by atoms with Crippen molar-refractivity contribution in [3.05, 3.63) is 48.6 Å². The number of aliphatic hydroxyl groups excluding tert-OH is 2. The minimum Gasteiger partial charge on any atom is -0.466 e. The van der Waals surface area contributed by atoms with Gasteiger partial charge in [-0.2, -0.15) is 0 Å². The van der Waals surface area contributed by atoms with Crippen molar-refractivity contribution < 1.29 is 24.5 Å². The van der Waals surface area contributed by atoms with Crippen LogP contribution in [0.2, 0.25) is 0 Å². The molecule has 0 aromatic rings. The number of esters is 1. The first-order chi connectivity index (χ1) is 43.0. The first-order valence-corrected chi connectivity index (χ1v) is 39.4. The minimum absolute atomic E-state index is 0.00628. The molecule has 0 spiro atoms. The van der Waals surface area contributed by atoms with E-state index in [4.69, 9.17) is 4.74 Å². The van der Waals surface area contributed by atoms with Crippen LogP contribution in [0.3, 0.4) is 0 Å². The van der Waals surface area contributed by atoms with E-state index in [1.807, 2.05) is 6.08 Å². The second kappa shape index (κ2) is 76.3. The van der Waals surface area contributed by atoms with Gasteiger partial charge in [0.05, 0.1) is 25.4 Å². The lowest BCUT2D eigenvalue weighted by molar-refractivity contribution is -0.143. The number of nitrogens with one attached hydrogen (secondary N) is 1. The van der Waals surface area contributed by atoms with Gasteiger partial charge in [0.25, 0.3) is 0 Å². The van der Waals surface area contributed by atoms with Crippen LogP contribution in [0.15, 0.2) is 48.6 Å². The van der Waals surface area contributed by atoms with Crippen LogP contribution in [0.4, 0.5) is 0 Å². The summed E-state index contributed by atoms with van der Waals surface area (Å²) in [6, 6.07) is -0.626. The van der Waals surface area contributed by atoms with E-state index in [9.17, 15) is 19.8 Å². The average molecular weight is 1220 g/mol. The summed E-state index contributed by atoms with van der Waals surface area (Å²) >= 11 is 0. The van der Waals surface area contributed by atoms with Gasteiger partial charge in [0.1, 0.15) is 0 Å². The number of amides is 1. The lowest BCUT2D eigenvalue weighted by Gasteiger charge is -2.20. The molecule has 2 unspecified atom stereocenters. The fourth-order valence-electron chi connectivity index (χ4n) is 12.3. The van der Waals surface area contributed by atoms with Crippen LogP contribution in [0.5, 0.6) is 0 Å². The summed E-state index contributed by atoms with van der Waals surface area (Å²) in [7, 11) is 0. The zero-order valence-corrected chi connectivity index (χ0v) is 58.8. The second-order valence-electron chi connectivity index (χ2n) is 27.0. The van der Waals surface area contributed by atoms with Crippen LogP contribution in [0, 0.1) is 0 Å². The molecule has 0 rings (SSSR count). The second-order valence-corrected chi connectivity index (χ2v) is 27.0. The lowest BCUT2D eigenvalue weighted by atomic mass is 10.0. The van der Waals surface area contributed by atoms with E-state index >= 15 is 0 Å². The summed E-state index contributed by atoms with van der Waals surface area (Å²) in [5, 5.41) is 23.3. The molecule has 0 fully saturated rings. The molecule has 0 aliphatic carbocycles. The summed E-state index contributed by atoms with van der Waals surface area (Å²) in [5.41, 5.74) is 0. The van der Waals surface area contributed by atoms with Crippen molar-refractivity contribution in [1.82, 2.24) is 5.32 Å². The lowest BCUT2D eigenvalue weighted by Crippen LogP contribution is -2.45. The molecular weight excluding hydrogens is 1070 g/mol. The molecule has 0 saturated heterocycles. The number of aliphatic hydroxyl groups is 2. The normalized spacial score (nSPS) is 12.7. The van der Waals surface area contributed by atoms with Gasteiger partial charge in [0.15, 0.2) is 0 Å². The fourth-order valence-corrected chi connectivity index (χ4v) is 12.3. The van der Waals surface area contributed by atoms with E-state index in [0.29, 0.717) is 19.4 Å². The number of carbonyl (C=O) groups excluding carboxylic acids is 2. The highest BCUT2D eigenvalue weighted by Gasteiger charge is 2.18. The summed E-state index contributed by atoms with van der Waals surface area (Å²) in [4.78, 5) is 24.6. The highest BCUT2D eigenvalue weighted by atomic mass is 16.5. The molecule has 1 amide bonds. The van der Waals surface area contributed by atoms with Crippen molar-refractivity contribution >= 4 is 11.9 Å². The predicted octanol–water partition coefficient (Wildman–Crippen LogP) is 26.0. The minimum atomic E-state index is -0.843. The van der Waals surface area contributed by atoms with Gasteiger partial charge in [-0.3, -0.25) is 9.59 Å². The first kappa shape index (κ1) is 84.8. The monoisotopic (exact) mass is 1220 g/mol. The Kier molecular flexibility index (Phi) is 74.4. The molecule has 3 N–H and O–H groups in total. The summed E-state index contributed by atoms with van der Waals surface area (Å²) < 4.78 is 5.49. The molecule has 0 radical (unpaired) electrons. The maximum absolute atomic E-state index is 12.5. The van der Waals surface area contributed by atoms with E-state index < -0.39 is 12.1 Å². The molecule has 87 heavy (non-hydrogen) atoms. The largest absolute Gasteiger partial charge is 0.466 e. The zero-order valence-electron chi connectivity index (χ0n) is 58.8. The van der Waals surface area contributed by atoms with E-state index in [2.05, 4.69) is 55.6 Å². The Morgan fingerprint density at radius 2 is 0.575 bits per heavy atom. The number of allylic oxidation sites excluding steroid dienone is 7. The number of ether oxygens (including phenoxy) is 1. The number of rotatable bonds is 74. The third kappa shape index (κ3) is 72.8. The van der Waals surface area contributed by atoms with Crippen molar-refractivity contribution in [3.63, 3.8) is 0 Å². The van der Waals surface area contributed by atoms with Gasteiger partial charge < -0.3 is 20.3 Å². The molecule has 512 valence electrons. The number of carbonyl (C=O) groups is 2. The molecule has 6 nitrogen and oxygen atoms in total. The first-order valence-electron chi connectivity index (χ1n) is 39.4. The van der Waals surface area contributed by atoms with Crippen LogP contribution in [-0.4, -0.2) is 47.4 Å². The van der Waals surface area contributed by atoms with Gasteiger partial charge in [-0.15, -0.1) is 0 Å². The van der Waals surface area contributed by atoms with Crippen LogP contribution in [0.1, 0.15) is 431 Å². The number of hydrogen-bond donors (Lipinski definition) is 3. The SMILES string of the molecule is CCCCC/C=C\C/C=C\CCCCCCCC(=O)OCCCCCCCCCCCCCCCC/C=C\CCCCCCCCCCCCCCCCCCCC(=O)NC(CO)C(O)/C=C/CCCCCCCCCCCCCCCCCCCC. The number of unbranched alkanes of at least 4 members (excludes halogenated alkanes) is 57. The van der Waals surface area contributed by atoms with Crippen molar-refractivity contribution in [1.29, 1.82) is 0 Å². The molecule has 0 aromatic carbocycles. The van der Waals surface area contributed by atoms with Crippen molar-refractivity contribution in [2.45, 2.75) is 443 Å². The average Bonchev–Trinajstić information content (AvgIpc) is 3.52. The molecule has 0 aliphatic heterocycles. The van der Waals surface area contributed by atoms with Gasteiger partial charge in [-0.25, -0.2) is 0 Å². The van der Waals surface area contributed by atoms with Gasteiger partial charge in [-0.05, 0) is 89.9 Å². The Balaban J connectivity index is 3.37. The third-order valence-electron chi connectivity index (χ3n) is 18.3. The maximum atomic E-state index is 12.5. The third-order valence-corrected chi connectivity index (χ3v) is 18.3. The summed E-state index contributed by atoms with van der Waals surface area (Å²) in [5.74, 6) is -0.0543. The van der Waals surface area contributed by atoms with Crippen LogP contribution >= 0.6 is 0 Å². The van der Waals surface area contributed by atoms with E-state index in [0.717, 1.165) is 51.4 Å². The van der Waals surface area contributed by atoms with Crippen LogP contribution in [-0.2, 0) is 14.3 Å². The Labute approximate surface area is 544 Å². The van der Waals surface area contributed by atoms with Gasteiger partial charge in [0, 0.05) is 12.8 Å². The Bertz CT molecular complexity index is 1450. The van der Waals surface area contributed by atoms with Crippen molar-refractivity contribution in [2.24, 2.45) is 0 Å². The zero-order chi connectivity index (χ0) is 62.8. The molecule has 0 heterocycles. The number of hydrogen-bond acceptors (Lipinski definition) is 5. The Hall–Kier alpha value is -2.18. The molecule has 0 aliphatic rings. The van der Waals surface area contributed by atoms with Crippen molar-refractivity contribution in [3.8, 4) is 0 Å². The molecule has 6 heteroatoms. The molecule has 0 bridgehead atoms. The fraction of sp³-hybridized carbons (Fsp3) is 0.877. The van der Waals surface area contributed by atoms with Gasteiger partial charge in [-0.1, -0.05) is 377 Å². The highest BCUT2D eigenvalue weighted by molar-refractivity contribution is 5.76. The highest BCUT2D eigenvalue weighted by Crippen LogP contribution is 2.19. The van der Waals surface area contributed by atoms with E-state index in [1.165, 1.54) is 353 Å². The van der Waals surface area contributed by atoms with E-state index in [-0.39, 0.29) is 18.5 Å². The predicted molar refractivity (Wildman–Crippen MR) is 384 cm³/mol.